The first-order chi connectivity index (χ1) is 9.43. The van der Waals surface area contributed by atoms with E-state index in [1.54, 1.807) is 6.92 Å². The molecule has 0 bridgehead atoms. The summed E-state index contributed by atoms with van der Waals surface area (Å²) in [5.74, 6) is 1.67. The van der Waals surface area contributed by atoms with Gasteiger partial charge in [0.15, 0.2) is 6.10 Å². The number of benzene rings is 1. The van der Waals surface area contributed by atoms with Crippen LogP contribution in [-0.2, 0) is 4.79 Å². The van der Waals surface area contributed by atoms with Crippen molar-refractivity contribution >= 4 is 5.91 Å². The lowest BCUT2D eigenvalue weighted by atomic mass is 9.99. The first-order valence-corrected chi connectivity index (χ1v) is 7.48. The van der Waals surface area contributed by atoms with E-state index in [-0.39, 0.29) is 5.91 Å². The van der Waals surface area contributed by atoms with Crippen LogP contribution in [0.3, 0.4) is 0 Å². The normalized spacial score (nSPS) is 13.9. The van der Waals surface area contributed by atoms with Crippen molar-refractivity contribution < 1.29 is 9.53 Å². The molecule has 112 valence electrons. The van der Waals surface area contributed by atoms with E-state index in [9.17, 15) is 4.79 Å². The van der Waals surface area contributed by atoms with E-state index in [4.69, 9.17) is 4.74 Å². The van der Waals surface area contributed by atoms with Crippen LogP contribution in [0.4, 0.5) is 0 Å². The zero-order valence-electron chi connectivity index (χ0n) is 13.3. The molecular weight excluding hydrogens is 250 g/mol. The number of amides is 1. The molecule has 0 saturated heterocycles. The molecule has 0 fully saturated rings. The maximum absolute atomic E-state index is 11.8. The molecule has 0 saturated carbocycles. The fourth-order valence-electron chi connectivity index (χ4n) is 1.82. The van der Waals surface area contributed by atoms with Crippen molar-refractivity contribution in [2.24, 2.45) is 5.92 Å². The highest BCUT2D eigenvalue weighted by molar-refractivity contribution is 5.80. The van der Waals surface area contributed by atoms with E-state index in [0.717, 1.165) is 12.2 Å². The summed E-state index contributed by atoms with van der Waals surface area (Å²) in [4.78, 5) is 11.8. The second-order valence-electron chi connectivity index (χ2n) is 5.78. The molecular formula is C17H27NO2. The molecule has 2 atom stereocenters. The molecule has 0 heterocycles. The Kier molecular flexibility index (Phi) is 6.56. The number of rotatable bonds is 7. The van der Waals surface area contributed by atoms with Gasteiger partial charge in [-0.2, -0.15) is 0 Å². The van der Waals surface area contributed by atoms with Gasteiger partial charge in [0.05, 0.1) is 0 Å². The predicted molar refractivity (Wildman–Crippen MR) is 83.1 cm³/mol. The minimum absolute atomic E-state index is 0.0651. The maximum Gasteiger partial charge on any atom is 0.260 e. The monoisotopic (exact) mass is 277 g/mol. The fourth-order valence-corrected chi connectivity index (χ4v) is 1.82. The number of hydrogen-bond acceptors (Lipinski definition) is 2. The van der Waals surface area contributed by atoms with Gasteiger partial charge in [0.2, 0.25) is 0 Å². The smallest absolute Gasteiger partial charge is 0.260 e. The zero-order chi connectivity index (χ0) is 15.1. The molecule has 1 amide bonds. The Hall–Kier alpha value is -1.51. The molecule has 1 N–H and O–H groups in total. The highest BCUT2D eigenvalue weighted by atomic mass is 16.5. The third-order valence-electron chi connectivity index (χ3n) is 3.43. The topological polar surface area (TPSA) is 38.3 Å². The van der Waals surface area contributed by atoms with Crippen molar-refractivity contribution in [3.63, 3.8) is 0 Å². The standard InChI is InChI=1S/C17H27NO2/c1-6-13(4)15-7-9-16(10-8-15)20-14(5)17(19)18-11-12(2)3/h7-10,12-14H,6,11H2,1-5H3,(H,18,19). The minimum atomic E-state index is -0.469. The fraction of sp³-hybridized carbons (Fsp3) is 0.588. The van der Waals surface area contributed by atoms with Crippen molar-refractivity contribution in [2.75, 3.05) is 6.54 Å². The summed E-state index contributed by atoms with van der Waals surface area (Å²) >= 11 is 0. The van der Waals surface area contributed by atoms with Gasteiger partial charge in [-0.15, -0.1) is 0 Å². The van der Waals surface area contributed by atoms with Crippen molar-refractivity contribution in [2.45, 2.75) is 53.1 Å². The van der Waals surface area contributed by atoms with Gasteiger partial charge in [-0.3, -0.25) is 4.79 Å². The van der Waals surface area contributed by atoms with Crippen LogP contribution >= 0.6 is 0 Å². The molecule has 2 unspecified atom stereocenters. The molecule has 0 spiro atoms. The summed E-state index contributed by atoms with van der Waals surface area (Å²) in [6, 6.07) is 8.02. The zero-order valence-corrected chi connectivity index (χ0v) is 13.3. The lowest BCUT2D eigenvalue weighted by molar-refractivity contribution is -0.127. The number of nitrogens with one attached hydrogen (secondary N) is 1. The van der Waals surface area contributed by atoms with Crippen LogP contribution in [0.1, 0.15) is 52.5 Å². The second-order valence-corrected chi connectivity index (χ2v) is 5.78. The van der Waals surface area contributed by atoms with E-state index >= 15 is 0 Å². The summed E-state index contributed by atoms with van der Waals surface area (Å²) < 4.78 is 5.66. The van der Waals surface area contributed by atoms with Gasteiger partial charge < -0.3 is 10.1 Å². The van der Waals surface area contributed by atoms with Gasteiger partial charge in [0, 0.05) is 6.54 Å². The molecule has 0 aliphatic rings. The molecule has 1 aromatic rings. The van der Waals surface area contributed by atoms with Crippen LogP contribution in [-0.4, -0.2) is 18.6 Å². The van der Waals surface area contributed by atoms with E-state index in [0.29, 0.717) is 18.4 Å². The second kappa shape index (κ2) is 7.93. The van der Waals surface area contributed by atoms with Crippen LogP contribution < -0.4 is 10.1 Å². The first-order valence-electron chi connectivity index (χ1n) is 7.48. The summed E-state index contributed by atoms with van der Waals surface area (Å²) in [6.45, 7) is 11.0. The molecule has 0 aliphatic carbocycles. The highest BCUT2D eigenvalue weighted by Crippen LogP contribution is 2.22. The molecule has 3 heteroatoms. The molecule has 3 nitrogen and oxygen atoms in total. The summed E-state index contributed by atoms with van der Waals surface area (Å²) in [5.41, 5.74) is 1.30. The molecule has 1 aromatic carbocycles. The molecule has 0 aliphatic heterocycles. The van der Waals surface area contributed by atoms with E-state index < -0.39 is 6.10 Å². The largest absolute Gasteiger partial charge is 0.481 e. The highest BCUT2D eigenvalue weighted by Gasteiger charge is 2.14. The van der Waals surface area contributed by atoms with Crippen LogP contribution in [0.15, 0.2) is 24.3 Å². The molecule has 0 aromatic heterocycles. The van der Waals surface area contributed by atoms with Crippen molar-refractivity contribution in [3.05, 3.63) is 29.8 Å². The Labute approximate surface area is 122 Å². The molecule has 1 rings (SSSR count). The Morgan fingerprint density at radius 2 is 1.75 bits per heavy atom. The van der Waals surface area contributed by atoms with Crippen molar-refractivity contribution in [1.29, 1.82) is 0 Å². The number of carbonyl (C=O) groups is 1. The number of carbonyl (C=O) groups excluding carboxylic acids is 1. The Morgan fingerprint density at radius 1 is 1.15 bits per heavy atom. The van der Waals surface area contributed by atoms with Crippen LogP contribution in [0, 0.1) is 5.92 Å². The van der Waals surface area contributed by atoms with Crippen LogP contribution in [0.2, 0.25) is 0 Å². The lowest BCUT2D eigenvalue weighted by Gasteiger charge is -2.16. The first kappa shape index (κ1) is 16.5. The summed E-state index contributed by atoms with van der Waals surface area (Å²) in [7, 11) is 0. The Bertz CT molecular complexity index is 412. The van der Waals surface area contributed by atoms with E-state index in [1.807, 2.05) is 12.1 Å². The van der Waals surface area contributed by atoms with Gasteiger partial charge in [0.25, 0.3) is 5.91 Å². The Balaban J connectivity index is 2.53. The Morgan fingerprint density at radius 3 is 2.25 bits per heavy atom. The molecule has 20 heavy (non-hydrogen) atoms. The van der Waals surface area contributed by atoms with Gasteiger partial charge in [-0.05, 0) is 42.9 Å². The quantitative estimate of drug-likeness (QED) is 0.824. The number of hydrogen-bond donors (Lipinski definition) is 1. The summed E-state index contributed by atoms with van der Waals surface area (Å²) in [6.07, 6.45) is 0.650. The van der Waals surface area contributed by atoms with Crippen LogP contribution in [0.25, 0.3) is 0 Å². The van der Waals surface area contributed by atoms with Crippen molar-refractivity contribution in [1.82, 2.24) is 5.32 Å². The van der Waals surface area contributed by atoms with Gasteiger partial charge >= 0.3 is 0 Å². The van der Waals surface area contributed by atoms with E-state index in [2.05, 4.69) is 45.1 Å². The predicted octanol–water partition coefficient (Wildman–Crippen LogP) is 3.74. The molecule has 0 radical (unpaired) electrons. The third kappa shape index (κ3) is 5.24. The average Bonchev–Trinajstić information content (AvgIpc) is 2.44. The van der Waals surface area contributed by atoms with Gasteiger partial charge in [-0.1, -0.05) is 39.8 Å². The van der Waals surface area contributed by atoms with E-state index in [1.165, 1.54) is 5.56 Å². The van der Waals surface area contributed by atoms with Gasteiger partial charge in [-0.25, -0.2) is 0 Å². The lowest BCUT2D eigenvalue weighted by Crippen LogP contribution is -2.38. The minimum Gasteiger partial charge on any atom is -0.481 e. The summed E-state index contributed by atoms with van der Waals surface area (Å²) in [5, 5.41) is 2.88. The SMILES string of the molecule is CCC(C)c1ccc(OC(C)C(=O)NCC(C)C)cc1. The van der Waals surface area contributed by atoms with Crippen LogP contribution in [0.5, 0.6) is 5.75 Å². The van der Waals surface area contributed by atoms with Crippen molar-refractivity contribution in [3.8, 4) is 5.75 Å². The average molecular weight is 277 g/mol. The maximum atomic E-state index is 11.8. The van der Waals surface area contributed by atoms with Gasteiger partial charge in [0.1, 0.15) is 5.75 Å². The number of ether oxygens (including phenoxy) is 1. The third-order valence-corrected chi connectivity index (χ3v) is 3.43.